The number of likely N-dealkylation sites (N-methyl/N-ethyl adjacent to an activating group) is 1. The van der Waals surface area contributed by atoms with Crippen molar-refractivity contribution in [2.24, 2.45) is 0 Å². The van der Waals surface area contributed by atoms with Crippen LogP contribution in [-0.4, -0.2) is 51.7 Å². The van der Waals surface area contributed by atoms with Crippen molar-refractivity contribution in [1.29, 1.82) is 0 Å². The SMILES string of the molecule is CCN(CCc1ccc(O)cc1)C(=O)c1cccc(C[C@@H](C)NC[C@H](O)c2ccc(N)nc2)c1. The smallest absolute Gasteiger partial charge is 0.253 e. The van der Waals surface area contributed by atoms with Crippen LogP contribution in [0, 0.1) is 0 Å². The first kappa shape index (κ1) is 25.2. The third-order valence-corrected chi connectivity index (χ3v) is 5.85. The summed E-state index contributed by atoms with van der Waals surface area (Å²) in [5.74, 6) is 0.674. The molecular weight excluding hydrogens is 428 g/mol. The molecule has 1 heterocycles. The van der Waals surface area contributed by atoms with Gasteiger partial charge in [-0.2, -0.15) is 0 Å². The fraction of sp³-hybridized carbons (Fsp3) is 0.333. The van der Waals surface area contributed by atoms with Gasteiger partial charge in [0, 0.05) is 43.0 Å². The van der Waals surface area contributed by atoms with Crippen molar-refractivity contribution >= 4 is 11.7 Å². The highest BCUT2D eigenvalue weighted by atomic mass is 16.3. The van der Waals surface area contributed by atoms with Gasteiger partial charge in [0.05, 0.1) is 6.10 Å². The molecule has 7 nitrogen and oxygen atoms in total. The van der Waals surface area contributed by atoms with Crippen molar-refractivity contribution in [1.82, 2.24) is 15.2 Å². The van der Waals surface area contributed by atoms with E-state index in [1.165, 1.54) is 0 Å². The van der Waals surface area contributed by atoms with Crippen LogP contribution < -0.4 is 11.1 Å². The molecule has 7 heteroatoms. The van der Waals surface area contributed by atoms with E-state index in [1.54, 1.807) is 30.5 Å². The van der Waals surface area contributed by atoms with Crippen molar-refractivity contribution in [3.05, 3.63) is 89.1 Å². The van der Waals surface area contributed by atoms with Crippen LogP contribution in [0.5, 0.6) is 5.75 Å². The zero-order valence-corrected chi connectivity index (χ0v) is 19.8. The lowest BCUT2D eigenvalue weighted by molar-refractivity contribution is 0.0766. The van der Waals surface area contributed by atoms with E-state index in [4.69, 9.17) is 5.73 Å². The molecule has 1 aromatic heterocycles. The number of benzene rings is 2. The van der Waals surface area contributed by atoms with Crippen LogP contribution in [0.25, 0.3) is 0 Å². The summed E-state index contributed by atoms with van der Waals surface area (Å²) in [7, 11) is 0. The number of aliphatic hydroxyl groups excluding tert-OH is 1. The largest absolute Gasteiger partial charge is 0.508 e. The molecule has 3 rings (SSSR count). The first-order valence-corrected chi connectivity index (χ1v) is 11.6. The van der Waals surface area contributed by atoms with Gasteiger partial charge in [0.25, 0.3) is 5.91 Å². The molecule has 1 amide bonds. The Bertz CT molecular complexity index is 1050. The molecule has 3 aromatic rings. The quantitative estimate of drug-likeness (QED) is 0.348. The summed E-state index contributed by atoms with van der Waals surface area (Å²) in [4.78, 5) is 19.0. The van der Waals surface area contributed by atoms with Gasteiger partial charge in [0.15, 0.2) is 0 Å². The zero-order valence-electron chi connectivity index (χ0n) is 19.8. The highest BCUT2D eigenvalue weighted by Crippen LogP contribution is 2.15. The number of nitrogens with one attached hydrogen (secondary N) is 1. The maximum Gasteiger partial charge on any atom is 0.253 e. The normalized spacial score (nSPS) is 12.8. The number of amides is 1. The summed E-state index contributed by atoms with van der Waals surface area (Å²) in [6, 6.07) is 18.4. The van der Waals surface area contributed by atoms with E-state index in [9.17, 15) is 15.0 Å². The summed E-state index contributed by atoms with van der Waals surface area (Å²) in [6.45, 7) is 5.66. The molecule has 2 atom stereocenters. The molecule has 0 radical (unpaired) electrons. The van der Waals surface area contributed by atoms with Gasteiger partial charge < -0.3 is 26.2 Å². The van der Waals surface area contributed by atoms with Crippen molar-refractivity contribution in [3.8, 4) is 5.75 Å². The number of rotatable bonds is 11. The summed E-state index contributed by atoms with van der Waals surface area (Å²) in [5.41, 5.74) is 9.13. The monoisotopic (exact) mass is 462 g/mol. The third-order valence-electron chi connectivity index (χ3n) is 5.85. The van der Waals surface area contributed by atoms with E-state index in [0.717, 1.165) is 24.0 Å². The van der Waals surface area contributed by atoms with Crippen LogP contribution in [-0.2, 0) is 12.8 Å². The predicted molar refractivity (Wildman–Crippen MR) is 135 cm³/mol. The fourth-order valence-electron chi connectivity index (χ4n) is 3.81. The van der Waals surface area contributed by atoms with Gasteiger partial charge in [-0.25, -0.2) is 4.98 Å². The van der Waals surface area contributed by atoms with E-state index in [2.05, 4.69) is 17.2 Å². The fourth-order valence-corrected chi connectivity index (χ4v) is 3.81. The van der Waals surface area contributed by atoms with Crippen molar-refractivity contribution < 1.29 is 15.0 Å². The Morgan fingerprint density at radius 3 is 2.56 bits per heavy atom. The number of hydrogen-bond acceptors (Lipinski definition) is 6. The summed E-state index contributed by atoms with van der Waals surface area (Å²) in [6.07, 6.45) is 2.37. The molecule has 0 aliphatic carbocycles. The van der Waals surface area contributed by atoms with Gasteiger partial charge in [-0.05, 0) is 68.1 Å². The van der Waals surface area contributed by atoms with E-state index in [1.807, 2.05) is 48.2 Å². The minimum Gasteiger partial charge on any atom is -0.508 e. The summed E-state index contributed by atoms with van der Waals surface area (Å²) < 4.78 is 0. The molecule has 0 saturated heterocycles. The molecule has 0 aliphatic rings. The molecule has 0 unspecified atom stereocenters. The van der Waals surface area contributed by atoms with Gasteiger partial charge in [-0.3, -0.25) is 4.79 Å². The summed E-state index contributed by atoms with van der Waals surface area (Å²) in [5, 5.41) is 23.2. The number of aliphatic hydroxyl groups is 1. The number of pyridine rings is 1. The number of nitrogens with two attached hydrogens (primary N) is 1. The van der Waals surface area contributed by atoms with Crippen molar-refractivity contribution in [2.75, 3.05) is 25.4 Å². The molecule has 5 N–H and O–H groups in total. The Labute approximate surface area is 201 Å². The van der Waals surface area contributed by atoms with E-state index in [-0.39, 0.29) is 17.7 Å². The first-order chi connectivity index (χ1) is 16.4. The molecule has 0 bridgehead atoms. The number of hydrogen-bond donors (Lipinski definition) is 4. The number of phenols is 1. The molecule has 180 valence electrons. The number of nitrogen functional groups attached to an aromatic ring is 1. The second-order valence-electron chi connectivity index (χ2n) is 8.55. The minimum atomic E-state index is -0.671. The van der Waals surface area contributed by atoms with E-state index >= 15 is 0 Å². The maximum absolute atomic E-state index is 13.1. The Morgan fingerprint density at radius 1 is 1.12 bits per heavy atom. The van der Waals surface area contributed by atoms with E-state index in [0.29, 0.717) is 36.6 Å². The second kappa shape index (κ2) is 12.2. The Balaban J connectivity index is 1.54. The van der Waals surface area contributed by atoms with Crippen LogP contribution in [0.15, 0.2) is 66.9 Å². The molecule has 0 spiro atoms. The lowest BCUT2D eigenvalue weighted by atomic mass is 10.0. The van der Waals surface area contributed by atoms with Gasteiger partial charge in [0.2, 0.25) is 0 Å². The zero-order chi connectivity index (χ0) is 24.5. The van der Waals surface area contributed by atoms with Gasteiger partial charge >= 0.3 is 0 Å². The van der Waals surface area contributed by atoms with Crippen LogP contribution in [0.4, 0.5) is 5.82 Å². The highest BCUT2D eigenvalue weighted by molar-refractivity contribution is 5.94. The van der Waals surface area contributed by atoms with Gasteiger partial charge in [0.1, 0.15) is 11.6 Å². The number of aromatic nitrogens is 1. The number of anilines is 1. The molecule has 34 heavy (non-hydrogen) atoms. The van der Waals surface area contributed by atoms with Gasteiger partial charge in [-0.1, -0.05) is 30.3 Å². The molecular formula is C27H34N4O3. The molecule has 2 aromatic carbocycles. The standard InChI is InChI=1S/C27H34N4O3/c1-3-31(14-13-20-7-10-24(32)11-8-20)27(34)22-6-4-5-21(16-22)15-19(2)29-18-25(33)23-9-12-26(28)30-17-23/h4-12,16-17,19,25,29,32-33H,3,13-15,18H2,1-2H3,(H2,28,30)/t19-,25+/m1/s1. The number of phenolic OH excluding ortho intramolecular Hbond substituents is 1. The highest BCUT2D eigenvalue weighted by Gasteiger charge is 2.16. The van der Waals surface area contributed by atoms with Crippen LogP contribution in [0.2, 0.25) is 0 Å². The number of nitrogens with zero attached hydrogens (tertiary/aromatic N) is 2. The Morgan fingerprint density at radius 2 is 1.88 bits per heavy atom. The molecule has 0 saturated carbocycles. The number of carbonyl (C=O) groups is 1. The summed E-state index contributed by atoms with van der Waals surface area (Å²) >= 11 is 0. The lowest BCUT2D eigenvalue weighted by Gasteiger charge is -2.22. The molecule has 0 aliphatic heterocycles. The number of carbonyl (C=O) groups excluding carboxylic acids is 1. The topological polar surface area (TPSA) is 112 Å². The van der Waals surface area contributed by atoms with Crippen LogP contribution in [0.1, 0.15) is 47.0 Å². The Hall–Kier alpha value is -3.42. The third kappa shape index (κ3) is 7.30. The van der Waals surface area contributed by atoms with Crippen molar-refractivity contribution in [2.45, 2.75) is 38.8 Å². The van der Waals surface area contributed by atoms with Crippen molar-refractivity contribution in [3.63, 3.8) is 0 Å². The lowest BCUT2D eigenvalue weighted by Crippen LogP contribution is -2.33. The Kier molecular flexibility index (Phi) is 9.01. The number of aromatic hydroxyl groups is 1. The minimum absolute atomic E-state index is 0.00927. The maximum atomic E-state index is 13.1. The first-order valence-electron chi connectivity index (χ1n) is 11.6. The molecule has 0 fully saturated rings. The van der Waals surface area contributed by atoms with Gasteiger partial charge in [-0.15, -0.1) is 0 Å². The average Bonchev–Trinajstić information content (AvgIpc) is 2.84. The van der Waals surface area contributed by atoms with E-state index < -0.39 is 6.10 Å². The predicted octanol–water partition coefficient (Wildman–Crippen LogP) is 3.33. The van der Waals surface area contributed by atoms with Crippen LogP contribution in [0.3, 0.4) is 0 Å². The average molecular weight is 463 g/mol. The van der Waals surface area contributed by atoms with Crippen LogP contribution >= 0.6 is 0 Å². The second-order valence-corrected chi connectivity index (χ2v) is 8.55.